The van der Waals surface area contributed by atoms with E-state index in [0.29, 0.717) is 5.92 Å². The molecule has 0 radical (unpaired) electrons. The maximum atomic E-state index is 5.84. The van der Waals surface area contributed by atoms with Crippen LogP contribution in [0.2, 0.25) is 0 Å². The zero-order chi connectivity index (χ0) is 10.1. The highest BCUT2D eigenvalue weighted by Gasteiger charge is 2.36. The minimum atomic E-state index is -0.103. The van der Waals surface area contributed by atoms with Crippen molar-refractivity contribution in [1.29, 1.82) is 0 Å². The molecule has 0 aromatic carbocycles. The Labute approximate surface area is 80.4 Å². The summed E-state index contributed by atoms with van der Waals surface area (Å²) in [4.78, 5) is 4.56. The van der Waals surface area contributed by atoms with Crippen molar-refractivity contribution in [3.8, 4) is 0 Å². The third kappa shape index (κ3) is 2.21. The third-order valence-corrected chi connectivity index (χ3v) is 2.83. The number of hydrogen-bond acceptors (Lipinski definition) is 2. The first-order chi connectivity index (χ1) is 5.96. The summed E-state index contributed by atoms with van der Waals surface area (Å²) in [6.45, 7) is 9.09. The Hall–Kier alpha value is -0.570. The van der Waals surface area contributed by atoms with Crippen molar-refractivity contribution in [1.82, 2.24) is 0 Å². The van der Waals surface area contributed by atoms with Crippen LogP contribution in [0.15, 0.2) is 4.99 Å². The standard InChI is InChI=1S/C10H20N2O/c1-7(2)9(11)12-10(4)5-6-13-8(10)3/h7-8H,5-6H2,1-4H3,(H2,11,12). The quantitative estimate of drug-likeness (QED) is 0.523. The normalized spacial score (nSPS) is 35.8. The molecule has 1 fully saturated rings. The van der Waals surface area contributed by atoms with Crippen molar-refractivity contribution in [2.24, 2.45) is 16.6 Å². The number of nitrogens with two attached hydrogens (primary N) is 1. The Kier molecular flexibility index (Phi) is 2.96. The van der Waals surface area contributed by atoms with Crippen LogP contribution in [0.4, 0.5) is 0 Å². The first kappa shape index (κ1) is 10.5. The minimum absolute atomic E-state index is 0.103. The molecule has 2 unspecified atom stereocenters. The number of amidine groups is 1. The smallest absolute Gasteiger partial charge is 0.0970 e. The van der Waals surface area contributed by atoms with Gasteiger partial charge in [0.1, 0.15) is 0 Å². The van der Waals surface area contributed by atoms with E-state index in [9.17, 15) is 0 Å². The fraction of sp³-hybridized carbons (Fsp3) is 0.900. The van der Waals surface area contributed by atoms with Gasteiger partial charge < -0.3 is 10.5 Å². The summed E-state index contributed by atoms with van der Waals surface area (Å²) >= 11 is 0. The van der Waals surface area contributed by atoms with E-state index in [1.54, 1.807) is 0 Å². The summed E-state index contributed by atoms with van der Waals surface area (Å²) in [6, 6.07) is 0. The average Bonchev–Trinajstić information content (AvgIpc) is 2.32. The van der Waals surface area contributed by atoms with Gasteiger partial charge in [-0.15, -0.1) is 0 Å². The highest BCUT2D eigenvalue weighted by atomic mass is 16.5. The zero-order valence-corrected chi connectivity index (χ0v) is 9.00. The lowest BCUT2D eigenvalue weighted by Gasteiger charge is -2.24. The number of nitrogens with zero attached hydrogens (tertiary/aromatic N) is 1. The lowest BCUT2D eigenvalue weighted by molar-refractivity contribution is 0.101. The van der Waals surface area contributed by atoms with E-state index in [4.69, 9.17) is 10.5 Å². The molecule has 0 aliphatic carbocycles. The molecular formula is C10H20N2O. The first-order valence-electron chi connectivity index (χ1n) is 4.92. The fourth-order valence-electron chi connectivity index (χ4n) is 1.40. The zero-order valence-electron chi connectivity index (χ0n) is 9.00. The van der Waals surface area contributed by atoms with E-state index in [1.807, 2.05) is 0 Å². The SMILES string of the molecule is CC(C)C(N)=NC1(C)CCOC1C. The molecule has 3 heteroatoms. The monoisotopic (exact) mass is 184 g/mol. The molecule has 0 aromatic rings. The van der Waals surface area contributed by atoms with Gasteiger partial charge in [-0.2, -0.15) is 0 Å². The van der Waals surface area contributed by atoms with E-state index in [2.05, 4.69) is 32.7 Å². The molecule has 0 saturated carbocycles. The van der Waals surface area contributed by atoms with Gasteiger partial charge >= 0.3 is 0 Å². The maximum absolute atomic E-state index is 5.84. The summed E-state index contributed by atoms with van der Waals surface area (Å²) < 4.78 is 5.49. The van der Waals surface area contributed by atoms with E-state index in [-0.39, 0.29) is 11.6 Å². The van der Waals surface area contributed by atoms with Crippen LogP contribution in [-0.4, -0.2) is 24.1 Å². The Morgan fingerprint density at radius 2 is 2.23 bits per heavy atom. The van der Waals surface area contributed by atoms with Gasteiger partial charge in [0, 0.05) is 12.5 Å². The maximum Gasteiger partial charge on any atom is 0.0970 e. The Balaban J connectivity index is 2.76. The van der Waals surface area contributed by atoms with Crippen LogP contribution >= 0.6 is 0 Å². The fourth-order valence-corrected chi connectivity index (χ4v) is 1.40. The summed E-state index contributed by atoms with van der Waals surface area (Å²) in [6.07, 6.45) is 1.16. The average molecular weight is 184 g/mol. The van der Waals surface area contributed by atoms with Gasteiger partial charge in [-0.1, -0.05) is 13.8 Å². The Morgan fingerprint density at radius 1 is 1.62 bits per heavy atom. The molecule has 1 saturated heterocycles. The number of hydrogen-bond donors (Lipinski definition) is 1. The third-order valence-electron chi connectivity index (χ3n) is 2.83. The highest BCUT2D eigenvalue weighted by molar-refractivity contribution is 5.82. The molecule has 1 heterocycles. The van der Waals surface area contributed by atoms with Crippen LogP contribution < -0.4 is 5.73 Å². The van der Waals surface area contributed by atoms with E-state index in [0.717, 1.165) is 18.9 Å². The van der Waals surface area contributed by atoms with Crippen LogP contribution in [0.5, 0.6) is 0 Å². The van der Waals surface area contributed by atoms with E-state index < -0.39 is 0 Å². The Bertz CT molecular complexity index is 213. The van der Waals surface area contributed by atoms with Crippen molar-refractivity contribution in [2.45, 2.75) is 45.8 Å². The molecule has 13 heavy (non-hydrogen) atoms. The topological polar surface area (TPSA) is 47.6 Å². The van der Waals surface area contributed by atoms with Gasteiger partial charge in [0.15, 0.2) is 0 Å². The molecular weight excluding hydrogens is 164 g/mol. The van der Waals surface area contributed by atoms with E-state index >= 15 is 0 Å². The molecule has 0 bridgehead atoms. The van der Waals surface area contributed by atoms with Gasteiger partial charge in [-0.05, 0) is 20.3 Å². The van der Waals surface area contributed by atoms with Gasteiger partial charge in [0.25, 0.3) is 0 Å². The Morgan fingerprint density at radius 3 is 2.62 bits per heavy atom. The van der Waals surface area contributed by atoms with Gasteiger partial charge in [0.2, 0.25) is 0 Å². The van der Waals surface area contributed by atoms with Crippen LogP contribution in [0.1, 0.15) is 34.1 Å². The minimum Gasteiger partial charge on any atom is -0.387 e. The molecule has 3 nitrogen and oxygen atoms in total. The summed E-state index contributed by atoms with van der Waals surface area (Å²) in [7, 11) is 0. The summed E-state index contributed by atoms with van der Waals surface area (Å²) in [5, 5.41) is 0. The van der Waals surface area contributed by atoms with Crippen molar-refractivity contribution in [2.75, 3.05) is 6.61 Å². The molecule has 0 aromatic heterocycles. The van der Waals surface area contributed by atoms with Gasteiger partial charge in [-0.25, -0.2) is 0 Å². The molecule has 1 rings (SSSR count). The summed E-state index contributed by atoms with van der Waals surface area (Å²) in [5.74, 6) is 1.06. The van der Waals surface area contributed by atoms with Crippen LogP contribution in [0.3, 0.4) is 0 Å². The molecule has 2 atom stereocenters. The largest absolute Gasteiger partial charge is 0.387 e. The first-order valence-corrected chi connectivity index (χ1v) is 4.92. The molecule has 1 aliphatic heterocycles. The molecule has 76 valence electrons. The molecule has 1 aliphatic rings. The van der Waals surface area contributed by atoms with Gasteiger partial charge in [-0.3, -0.25) is 4.99 Å². The molecule has 2 N–H and O–H groups in total. The molecule has 0 spiro atoms. The van der Waals surface area contributed by atoms with Crippen molar-refractivity contribution in [3.63, 3.8) is 0 Å². The number of aliphatic imine (C=N–C) groups is 1. The lowest BCUT2D eigenvalue weighted by Crippen LogP contribution is -2.34. The predicted molar refractivity (Wildman–Crippen MR) is 54.9 cm³/mol. The predicted octanol–water partition coefficient (Wildman–Crippen LogP) is 1.57. The second-order valence-electron chi connectivity index (χ2n) is 4.31. The van der Waals surface area contributed by atoms with Crippen molar-refractivity contribution in [3.05, 3.63) is 0 Å². The number of ether oxygens (including phenoxy) is 1. The van der Waals surface area contributed by atoms with Gasteiger partial charge in [0.05, 0.1) is 17.5 Å². The second-order valence-corrected chi connectivity index (χ2v) is 4.31. The van der Waals surface area contributed by atoms with E-state index in [1.165, 1.54) is 0 Å². The lowest BCUT2D eigenvalue weighted by atomic mass is 9.95. The van der Waals surface area contributed by atoms with Crippen LogP contribution in [0, 0.1) is 5.92 Å². The van der Waals surface area contributed by atoms with Crippen LogP contribution in [-0.2, 0) is 4.74 Å². The second kappa shape index (κ2) is 3.66. The van der Waals surface area contributed by atoms with Crippen molar-refractivity contribution < 1.29 is 4.74 Å². The summed E-state index contributed by atoms with van der Waals surface area (Å²) in [5.41, 5.74) is 5.74. The molecule has 0 amide bonds. The number of rotatable bonds is 2. The van der Waals surface area contributed by atoms with Crippen molar-refractivity contribution >= 4 is 5.84 Å². The highest BCUT2D eigenvalue weighted by Crippen LogP contribution is 2.29. The van der Waals surface area contributed by atoms with Crippen LogP contribution in [0.25, 0.3) is 0 Å².